The van der Waals surface area contributed by atoms with Crippen molar-refractivity contribution in [1.82, 2.24) is 0 Å². The molecule has 3 aromatic carbocycles. The number of methoxy groups -OCH3 is 2. The summed E-state index contributed by atoms with van der Waals surface area (Å²) in [7, 11) is 2.78. The van der Waals surface area contributed by atoms with Gasteiger partial charge in [0.15, 0.2) is 11.5 Å². The van der Waals surface area contributed by atoms with Gasteiger partial charge in [-0.1, -0.05) is 29.3 Å². The maximum Gasteiger partial charge on any atom is 0.337 e. The second-order valence-corrected chi connectivity index (χ2v) is 9.26. The van der Waals surface area contributed by atoms with Gasteiger partial charge in [-0.05, 0) is 82.8 Å². The zero-order valence-electron chi connectivity index (χ0n) is 19.1. The number of nitriles is 1. The molecule has 0 fully saturated rings. The largest absolute Gasteiger partial charge is 0.493 e. The lowest BCUT2D eigenvalue weighted by Crippen LogP contribution is -2.13. The Labute approximate surface area is 231 Å². The molecule has 1 amide bonds. The molecule has 0 spiro atoms. The molecule has 0 atom stereocenters. The molecule has 0 radical (unpaired) electrons. The van der Waals surface area contributed by atoms with Crippen molar-refractivity contribution in [2.75, 3.05) is 19.5 Å². The van der Waals surface area contributed by atoms with E-state index in [1.807, 2.05) is 6.07 Å². The van der Waals surface area contributed by atoms with Crippen molar-refractivity contribution in [3.05, 3.63) is 90.5 Å². The highest BCUT2D eigenvalue weighted by atomic mass is 127. The van der Waals surface area contributed by atoms with E-state index in [-0.39, 0.29) is 12.2 Å². The Kier molecular flexibility index (Phi) is 9.58. The molecule has 1 N–H and O–H groups in total. The first-order valence-electron chi connectivity index (χ1n) is 10.3. The van der Waals surface area contributed by atoms with Crippen LogP contribution in [0.4, 0.5) is 5.69 Å². The fraction of sp³-hybridized carbons (Fsp3) is 0.115. The van der Waals surface area contributed by atoms with Crippen molar-refractivity contribution in [3.63, 3.8) is 0 Å². The van der Waals surface area contributed by atoms with E-state index >= 15 is 0 Å². The van der Waals surface area contributed by atoms with Crippen molar-refractivity contribution in [3.8, 4) is 17.6 Å². The maximum atomic E-state index is 12.7. The van der Waals surface area contributed by atoms with Gasteiger partial charge in [-0.25, -0.2) is 4.79 Å². The average Bonchev–Trinajstić information content (AvgIpc) is 2.87. The molecule has 0 aliphatic heterocycles. The fourth-order valence-electron chi connectivity index (χ4n) is 3.07. The monoisotopic (exact) mass is 636 g/mol. The van der Waals surface area contributed by atoms with Crippen LogP contribution in [0.2, 0.25) is 10.0 Å². The fourth-order valence-corrected chi connectivity index (χ4v) is 4.32. The van der Waals surface area contributed by atoms with Crippen molar-refractivity contribution < 1.29 is 23.8 Å². The minimum atomic E-state index is -0.602. The summed E-state index contributed by atoms with van der Waals surface area (Å²) < 4.78 is 16.8. The predicted octanol–water partition coefficient (Wildman–Crippen LogP) is 6.52. The van der Waals surface area contributed by atoms with Gasteiger partial charge in [-0.2, -0.15) is 5.26 Å². The summed E-state index contributed by atoms with van der Waals surface area (Å²) in [5.41, 5.74) is 1.97. The summed E-state index contributed by atoms with van der Waals surface area (Å²) in [6, 6.07) is 16.6. The van der Waals surface area contributed by atoms with Gasteiger partial charge in [-0.3, -0.25) is 4.79 Å². The molecule has 0 aliphatic carbocycles. The summed E-state index contributed by atoms with van der Waals surface area (Å²) >= 11 is 14.3. The van der Waals surface area contributed by atoms with Crippen LogP contribution in [-0.2, 0) is 16.1 Å². The van der Waals surface area contributed by atoms with Crippen LogP contribution in [0.3, 0.4) is 0 Å². The molecule has 0 saturated heterocycles. The number of carbonyl (C=O) groups excluding carboxylic acids is 2. The number of hydrogen-bond acceptors (Lipinski definition) is 6. The molecule has 10 heteroatoms. The van der Waals surface area contributed by atoms with Gasteiger partial charge in [0.25, 0.3) is 5.91 Å². The Balaban J connectivity index is 1.79. The molecule has 0 heterocycles. The maximum absolute atomic E-state index is 12.7. The molecule has 0 bridgehead atoms. The normalized spacial score (nSPS) is 10.8. The van der Waals surface area contributed by atoms with Gasteiger partial charge in [-0.15, -0.1) is 0 Å². The van der Waals surface area contributed by atoms with E-state index in [4.69, 9.17) is 32.7 Å². The number of benzene rings is 3. The Morgan fingerprint density at radius 3 is 2.42 bits per heavy atom. The number of esters is 1. The van der Waals surface area contributed by atoms with Gasteiger partial charge >= 0.3 is 5.97 Å². The van der Waals surface area contributed by atoms with Gasteiger partial charge in [0.2, 0.25) is 0 Å². The molecular weight excluding hydrogens is 618 g/mol. The third kappa shape index (κ3) is 6.91. The molecule has 0 aromatic heterocycles. The Hall–Kier alpha value is -3.26. The summed E-state index contributed by atoms with van der Waals surface area (Å²) in [5.74, 6) is -0.169. The van der Waals surface area contributed by atoms with E-state index in [1.165, 1.54) is 32.4 Å². The highest BCUT2D eigenvalue weighted by Crippen LogP contribution is 2.36. The lowest BCUT2D eigenvalue weighted by atomic mass is 10.1. The van der Waals surface area contributed by atoms with Crippen molar-refractivity contribution in [1.29, 1.82) is 5.26 Å². The Bertz CT molecular complexity index is 1370. The van der Waals surface area contributed by atoms with Gasteiger partial charge in [0.1, 0.15) is 18.2 Å². The van der Waals surface area contributed by atoms with Crippen LogP contribution >= 0.6 is 45.8 Å². The van der Waals surface area contributed by atoms with E-state index in [0.717, 1.165) is 5.56 Å². The second-order valence-electron chi connectivity index (χ2n) is 7.25. The molecule has 0 aliphatic rings. The number of halogens is 3. The van der Waals surface area contributed by atoms with Crippen molar-refractivity contribution >= 4 is 69.4 Å². The van der Waals surface area contributed by atoms with E-state index in [9.17, 15) is 14.9 Å². The molecule has 0 unspecified atom stereocenters. The first-order valence-corrected chi connectivity index (χ1v) is 12.1. The molecule has 7 nitrogen and oxygen atoms in total. The van der Waals surface area contributed by atoms with Crippen LogP contribution in [0, 0.1) is 14.9 Å². The molecule has 3 rings (SSSR count). The number of ether oxygens (including phenoxy) is 3. The second kappa shape index (κ2) is 12.6. The van der Waals surface area contributed by atoms with Crippen LogP contribution in [-0.4, -0.2) is 26.1 Å². The van der Waals surface area contributed by atoms with E-state index in [2.05, 4.69) is 32.6 Å². The summed E-state index contributed by atoms with van der Waals surface area (Å²) in [5, 5.41) is 13.2. The lowest BCUT2D eigenvalue weighted by Gasteiger charge is -2.14. The Morgan fingerprint density at radius 2 is 1.81 bits per heavy atom. The summed E-state index contributed by atoms with van der Waals surface area (Å²) in [6.07, 6.45) is 1.45. The van der Waals surface area contributed by atoms with E-state index in [1.54, 1.807) is 42.5 Å². The highest BCUT2D eigenvalue weighted by Gasteiger charge is 2.15. The zero-order valence-corrected chi connectivity index (χ0v) is 22.8. The molecule has 3 aromatic rings. The van der Waals surface area contributed by atoms with Gasteiger partial charge < -0.3 is 19.5 Å². The standard InChI is InChI=1S/C26H19Cl2IN2O5/c1-34-23-11-15(10-22(29)24(23)36-14-17-3-6-19(27)12-21(17)28)9-18(13-30)25(32)31-20-7-4-16(5-8-20)26(33)35-2/h3-12H,14H2,1-2H3,(H,31,32)/b18-9+. The van der Waals surface area contributed by atoms with Crippen LogP contribution in [0.5, 0.6) is 11.5 Å². The smallest absolute Gasteiger partial charge is 0.337 e. The topological polar surface area (TPSA) is 97.7 Å². The predicted molar refractivity (Wildman–Crippen MR) is 147 cm³/mol. The van der Waals surface area contributed by atoms with Crippen molar-refractivity contribution in [2.24, 2.45) is 0 Å². The van der Waals surface area contributed by atoms with Gasteiger partial charge in [0.05, 0.1) is 23.4 Å². The number of nitrogens with zero attached hydrogens (tertiary/aromatic N) is 1. The lowest BCUT2D eigenvalue weighted by molar-refractivity contribution is -0.112. The third-order valence-electron chi connectivity index (χ3n) is 4.88. The SMILES string of the molecule is COC(=O)c1ccc(NC(=O)/C(C#N)=C/c2cc(I)c(OCc3ccc(Cl)cc3Cl)c(OC)c2)cc1. The van der Waals surface area contributed by atoms with Crippen LogP contribution in [0.1, 0.15) is 21.5 Å². The minimum Gasteiger partial charge on any atom is -0.493 e. The molecule has 184 valence electrons. The average molecular weight is 637 g/mol. The first kappa shape index (κ1) is 27.3. The zero-order chi connectivity index (χ0) is 26.2. The molecular formula is C26H19Cl2IN2O5. The van der Waals surface area contributed by atoms with Crippen molar-refractivity contribution in [2.45, 2.75) is 6.61 Å². The summed E-state index contributed by atoms with van der Waals surface area (Å²) in [6.45, 7) is 0.193. The number of rotatable bonds is 8. The quantitative estimate of drug-likeness (QED) is 0.131. The van der Waals surface area contributed by atoms with Crippen LogP contribution in [0.15, 0.2) is 60.2 Å². The van der Waals surface area contributed by atoms with Crippen LogP contribution in [0.25, 0.3) is 6.08 Å². The van der Waals surface area contributed by atoms with Gasteiger partial charge in [0, 0.05) is 21.3 Å². The number of anilines is 1. The number of nitrogens with one attached hydrogen (secondary N) is 1. The summed E-state index contributed by atoms with van der Waals surface area (Å²) in [4.78, 5) is 24.2. The number of hydrogen-bond donors (Lipinski definition) is 1. The Morgan fingerprint density at radius 1 is 1.08 bits per heavy atom. The van der Waals surface area contributed by atoms with E-state index in [0.29, 0.717) is 41.9 Å². The molecule has 36 heavy (non-hydrogen) atoms. The molecule has 0 saturated carbocycles. The van der Waals surface area contributed by atoms with E-state index < -0.39 is 11.9 Å². The third-order valence-corrected chi connectivity index (χ3v) is 6.27. The highest BCUT2D eigenvalue weighted by molar-refractivity contribution is 14.1. The first-order chi connectivity index (χ1) is 17.2. The minimum absolute atomic E-state index is 0.119. The number of amides is 1. The van der Waals surface area contributed by atoms with Crippen LogP contribution < -0.4 is 14.8 Å². The number of carbonyl (C=O) groups is 2.